The molecule has 1 aliphatic heterocycles. The van der Waals surface area contributed by atoms with E-state index in [2.05, 4.69) is 10.3 Å². The summed E-state index contributed by atoms with van der Waals surface area (Å²) in [5.41, 5.74) is 2.06. The molecule has 1 unspecified atom stereocenters. The molecule has 2 rings (SSSR count). The van der Waals surface area contributed by atoms with Crippen LogP contribution >= 0.6 is 0 Å². The van der Waals surface area contributed by atoms with Gasteiger partial charge in [0.2, 0.25) is 0 Å². The van der Waals surface area contributed by atoms with Crippen LogP contribution in [-0.2, 0) is 4.79 Å². The van der Waals surface area contributed by atoms with Gasteiger partial charge in [0.1, 0.15) is 5.71 Å². The lowest BCUT2D eigenvalue weighted by Gasteiger charge is -2.18. The van der Waals surface area contributed by atoms with E-state index in [0.717, 1.165) is 5.56 Å². The average molecular weight is 244 g/mol. The summed E-state index contributed by atoms with van der Waals surface area (Å²) in [4.78, 5) is 27.8. The van der Waals surface area contributed by atoms with E-state index in [4.69, 9.17) is 0 Å². The second kappa shape index (κ2) is 5.12. The van der Waals surface area contributed by atoms with Crippen LogP contribution in [0.2, 0.25) is 0 Å². The van der Waals surface area contributed by atoms with Crippen LogP contribution in [0, 0.1) is 6.92 Å². The van der Waals surface area contributed by atoms with Gasteiger partial charge in [0.05, 0.1) is 13.0 Å². The van der Waals surface area contributed by atoms with E-state index in [1.165, 1.54) is 0 Å². The first-order valence-corrected chi connectivity index (χ1v) is 6.00. The maximum Gasteiger partial charge on any atom is 0.265 e. The zero-order chi connectivity index (χ0) is 13.1. The SMILES string of the molecule is Cc1ccc(C(=O)CC2=NCC(C)NC2=O)cc1. The maximum absolute atomic E-state index is 12.0. The van der Waals surface area contributed by atoms with Crippen molar-refractivity contribution in [3.05, 3.63) is 35.4 Å². The van der Waals surface area contributed by atoms with Gasteiger partial charge >= 0.3 is 0 Å². The number of amides is 1. The molecule has 0 saturated carbocycles. The highest BCUT2D eigenvalue weighted by Crippen LogP contribution is 2.08. The molecule has 1 aromatic carbocycles. The van der Waals surface area contributed by atoms with Gasteiger partial charge < -0.3 is 5.32 Å². The molecule has 1 amide bonds. The van der Waals surface area contributed by atoms with Crippen LogP contribution in [0.3, 0.4) is 0 Å². The highest BCUT2D eigenvalue weighted by atomic mass is 16.2. The predicted octanol–water partition coefficient (Wildman–Crippen LogP) is 1.53. The molecule has 0 aromatic heterocycles. The largest absolute Gasteiger partial charge is 0.347 e. The molecule has 1 aromatic rings. The van der Waals surface area contributed by atoms with Crippen LogP contribution < -0.4 is 5.32 Å². The van der Waals surface area contributed by atoms with Crippen LogP contribution in [0.25, 0.3) is 0 Å². The van der Waals surface area contributed by atoms with E-state index in [0.29, 0.717) is 17.8 Å². The van der Waals surface area contributed by atoms with E-state index < -0.39 is 0 Å². The Morgan fingerprint density at radius 2 is 2.06 bits per heavy atom. The summed E-state index contributed by atoms with van der Waals surface area (Å²) in [6, 6.07) is 7.38. The van der Waals surface area contributed by atoms with Gasteiger partial charge in [0.25, 0.3) is 5.91 Å². The molecule has 1 N–H and O–H groups in total. The van der Waals surface area contributed by atoms with Crippen LogP contribution in [-0.4, -0.2) is 30.0 Å². The number of carbonyl (C=O) groups is 2. The van der Waals surface area contributed by atoms with Crippen molar-refractivity contribution in [1.82, 2.24) is 5.32 Å². The lowest BCUT2D eigenvalue weighted by molar-refractivity contribution is -0.115. The van der Waals surface area contributed by atoms with Crippen LogP contribution in [0.15, 0.2) is 29.3 Å². The molecule has 1 atom stereocenters. The van der Waals surface area contributed by atoms with E-state index in [9.17, 15) is 9.59 Å². The molecule has 0 aliphatic carbocycles. The number of Topliss-reactive ketones (excluding diaryl/α,β-unsaturated/α-hetero) is 1. The zero-order valence-corrected chi connectivity index (χ0v) is 10.6. The topological polar surface area (TPSA) is 58.5 Å². The monoisotopic (exact) mass is 244 g/mol. The first-order chi connectivity index (χ1) is 8.56. The van der Waals surface area contributed by atoms with Crippen LogP contribution in [0.4, 0.5) is 0 Å². The Bertz CT molecular complexity index is 503. The van der Waals surface area contributed by atoms with Gasteiger partial charge in [-0.2, -0.15) is 0 Å². The molecular formula is C14H16N2O2. The third kappa shape index (κ3) is 2.83. The summed E-state index contributed by atoms with van der Waals surface area (Å²) in [5, 5.41) is 2.77. The number of hydrogen-bond donors (Lipinski definition) is 1. The number of carbonyl (C=O) groups excluding carboxylic acids is 2. The van der Waals surface area contributed by atoms with Gasteiger partial charge in [-0.25, -0.2) is 0 Å². The number of nitrogens with one attached hydrogen (secondary N) is 1. The number of hydrogen-bond acceptors (Lipinski definition) is 3. The Labute approximate surface area is 106 Å². The number of benzene rings is 1. The Hall–Kier alpha value is -1.97. The summed E-state index contributed by atoms with van der Waals surface area (Å²) < 4.78 is 0. The summed E-state index contributed by atoms with van der Waals surface area (Å²) in [7, 11) is 0. The van der Waals surface area contributed by atoms with Crippen molar-refractivity contribution in [1.29, 1.82) is 0 Å². The third-order valence-electron chi connectivity index (χ3n) is 2.90. The smallest absolute Gasteiger partial charge is 0.265 e. The lowest BCUT2D eigenvalue weighted by atomic mass is 10.0. The zero-order valence-electron chi connectivity index (χ0n) is 10.6. The Balaban J connectivity index is 2.08. The first kappa shape index (κ1) is 12.5. The molecule has 94 valence electrons. The molecule has 4 heteroatoms. The van der Waals surface area contributed by atoms with E-state index >= 15 is 0 Å². The van der Waals surface area contributed by atoms with Crippen molar-refractivity contribution in [2.75, 3.05) is 6.54 Å². The standard InChI is InChI=1S/C14H16N2O2/c1-9-3-5-11(6-4-9)13(17)7-12-14(18)16-10(2)8-15-12/h3-6,10H,7-8H2,1-2H3,(H,16,18). The minimum Gasteiger partial charge on any atom is -0.347 e. The fourth-order valence-electron chi connectivity index (χ4n) is 1.80. The molecule has 1 aliphatic rings. The van der Waals surface area contributed by atoms with Gasteiger partial charge in [0.15, 0.2) is 5.78 Å². The van der Waals surface area contributed by atoms with Crippen molar-refractivity contribution in [2.45, 2.75) is 26.3 Å². The predicted molar refractivity (Wildman–Crippen MR) is 70.0 cm³/mol. The molecule has 0 saturated heterocycles. The molecule has 0 bridgehead atoms. The van der Waals surface area contributed by atoms with Crippen molar-refractivity contribution in [3.63, 3.8) is 0 Å². The van der Waals surface area contributed by atoms with Gasteiger partial charge in [-0.1, -0.05) is 29.8 Å². The Kier molecular flexibility index (Phi) is 3.55. The van der Waals surface area contributed by atoms with Crippen LogP contribution in [0.1, 0.15) is 29.3 Å². The quantitative estimate of drug-likeness (QED) is 0.820. The minimum atomic E-state index is -0.228. The fraction of sp³-hybridized carbons (Fsp3) is 0.357. The van der Waals surface area contributed by atoms with E-state index in [1.807, 2.05) is 26.0 Å². The normalized spacial score (nSPS) is 19.1. The second-order valence-electron chi connectivity index (χ2n) is 4.63. The number of nitrogens with zero attached hydrogens (tertiary/aromatic N) is 1. The van der Waals surface area contributed by atoms with Gasteiger partial charge in [-0.15, -0.1) is 0 Å². The number of rotatable bonds is 3. The summed E-state index contributed by atoms with van der Waals surface area (Å²) >= 11 is 0. The molecule has 18 heavy (non-hydrogen) atoms. The summed E-state index contributed by atoms with van der Waals surface area (Å²) in [6.45, 7) is 4.40. The lowest BCUT2D eigenvalue weighted by Crippen LogP contribution is -2.44. The number of aliphatic imine (C=N–C) groups is 1. The number of aryl methyl sites for hydroxylation is 1. The number of ketones is 1. The van der Waals surface area contributed by atoms with Gasteiger partial charge in [0, 0.05) is 11.6 Å². The average Bonchev–Trinajstić information content (AvgIpc) is 2.33. The molecule has 4 nitrogen and oxygen atoms in total. The summed E-state index contributed by atoms with van der Waals surface area (Å²) in [6.07, 6.45) is 0.0710. The molecule has 1 heterocycles. The van der Waals surface area contributed by atoms with E-state index in [-0.39, 0.29) is 24.2 Å². The highest BCUT2D eigenvalue weighted by Gasteiger charge is 2.21. The second-order valence-corrected chi connectivity index (χ2v) is 4.63. The summed E-state index contributed by atoms with van der Waals surface area (Å²) in [5.74, 6) is -0.298. The van der Waals surface area contributed by atoms with Gasteiger partial charge in [-0.3, -0.25) is 14.6 Å². The highest BCUT2D eigenvalue weighted by molar-refractivity contribution is 6.43. The van der Waals surface area contributed by atoms with Crippen molar-refractivity contribution in [3.8, 4) is 0 Å². The maximum atomic E-state index is 12.0. The molecule has 0 radical (unpaired) electrons. The van der Waals surface area contributed by atoms with Crippen molar-refractivity contribution in [2.24, 2.45) is 4.99 Å². The Morgan fingerprint density at radius 1 is 1.39 bits per heavy atom. The van der Waals surface area contributed by atoms with Gasteiger partial charge in [-0.05, 0) is 13.8 Å². The molecule has 0 fully saturated rings. The van der Waals surface area contributed by atoms with Crippen molar-refractivity contribution < 1.29 is 9.59 Å². The molecule has 0 spiro atoms. The fourth-order valence-corrected chi connectivity index (χ4v) is 1.80. The molecular weight excluding hydrogens is 228 g/mol. The van der Waals surface area contributed by atoms with Crippen molar-refractivity contribution >= 4 is 17.4 Å². The minimum absolute atomic E-state index is 0.0516. The first-order valence-electron chi connectivity index (χ1n) is 6.00. The Morgan fingerprint density at radius 3 is 2.67 bits per heavy atom. The van der Waals surface area contributed by atoms with Crippen LogP contribution in [0.5, 0.6) is 0 Å². The van der Waals surface area contributed by atoms with E-state index in [1.54, 1.807) is 12.1 Å². The third-order valence-corrected chi connectivity index (χ3v) is 2.90.